The molecular formula is C17H23Cl2N3O2. The van der Waals surface area contributed by atoms with E-state index in [4.69, 9.17) is 17.3 Å². The Kier molecular flexibility index (Phi) is 6.12. The molecule has 0 radical (unpaired) electrons. The molecule has 1 unspecified atom stereocenters. The molecule has 1 aromatic rings. The molecule has 1 aliphatic heterocycles. The highest BCUT2D eigenvalue weighted by molar-refractivity contribution is 6.33. The second kappa shape index (κ2) is 7.72. The van der Waals surface area contributed by atoms with Crippen LogP contribution in [0.25, 0.3) is 0 Å². The number of nitrogens with one attached hydrogen (secondary N) is 1. The Balaban J connectivity index is 0.00000208. The monoisotopic (exact) mass is 371 g/mol. The van der Waals surface area contributed by atoms with Crippen LogP contribution < -0.4 is 16.0 Å². The van der Waals surface area contributed by atoms with Gasteiger partial charge in [0.05, 0.1) is 22.2 Å². The molecule has 0 aromatic heterocycles. The maximum absolute atomic E-state index is 12.6. The largest absolute Gasteiger partial charge is 0.349 e. The molecule has 3 rings (SSSR count). The number of hydrogen-bond acceptors (Lipinski definition) is 3. The number of para-hydroxylation sites is 1. The minimum Gasteiger partial charge on any atom is -0.349 e. The minimum atomic E-state index is -0.345. The van der Waals surface area contributed by atoms with E-state index in [0.717, 1.165) is 25.7 Å². The van der Waals surface area contributed by atoms with Crippen LogP contribution in [0.4, 0.5) is 5.69 Å². The van der Waals surface area contributed by atoms with Gasteiger partial charge in [0.25, 0.3) is 0 Å². The van der Waals surface area contributed by atoms with Crippen molar-refractivity contribution in [3.8, 4) is 0 Å². The predicted octanol–water partition coefficient (Wildman–Crippen LogP) is 2.50. The van der Waals surface area contributed by atoms with Crippen LogP contribution in [0.5, 0.6) is 0 Å². The highest BCUT2D eigenvalue weighted by Crippen LogP contribution is 2.33. The number of carbonyl (C=O) groups is 2. The molecule has 1 saturated carbocycles. The molecule has 2 aliphatic rings. The van der Waals surface area contributed by atoms with Gasteiger partial charge in [0, 0.05) is 19.5 Å². The topological polar surface area (TPSA) is 75.4 Å². The molecule has 1 atom stereocenters. The van der Waals surface area contributed by atoms with Gasteiger partial charge in [-0.1, -0.05) is 36.6 Å². The van der Waals surface area contributed by atoms with Gasteiger partial charge < -0.3 is 16.0 Å². The lowest BCUT2D eigenvalue weighted by Gasteiger charge is -2.30. The summed E-state index contributed by atoms with van der Waals surface area (Å²) in [5, 5.41) is 3.64. The first-order valence-corrected chi connectivity index (χ1v) is 8.49. The molecule has 2 fully saturated rings. The van der Waals surface area contributed by atoms with Crippen molar-refractivity contribution < 1.29 is 9.59 Å². The van der Waals surface area contributed by atoms with E-state index in [1.54, 1.807) is 17.0 Å². The summed E-state index contributed by atoms with van der Waals surface area (Å²) >= 11 is 6.17. The standard InChI is InChI=1S/C17H22ClN3O2.ClH/c18-13-5-1-2-6-14(13)21-10-12(9-15(21)22)16(23)20-17(11-19)7-3-4-8-17;/h1-2,5-6,12H,3-4,7-11,19H2,(H,20,23);1H. The van der Waals surface area contributed by atoms with Crippen LogP contribution in [-0.4, -0.2) is 30.4 Å². The normalized spacial score (nSPS) is 22.3. The maximum atomic E-state index is 12.6. The van der Waals surface area contributed by atoms with E-state index in [-0.39, 0.29) is 42.1 Å². The van der Waals surface area contributed by atoms with Crippen LogP contribution in [0, 0.1) is 5.92 Å². The van der Waals surface area contributed by atoms with Crippen molar-refractivity contribution in [3.05, 3.63) is 29.3 Å². The zero-order valence-electron chi connectivity index (χ0n) is 13.5. The van der Waals surface area contributed by atoms with Crippen LogP contribution in [0.15, 0.2) is 24.3 Å². The maximum Gasteiger partial charge on any atom is 0.227 e. The van der Waals surface area contributed by atoms with Crippen LogP contribution in [-0.2, 0) is 9.59 Å². The highest BCUT2D eigenvalue weighted by Gasteiger charge is 2.40. The fourth-order valence-corrected chi connectivity index (χ4v) is 3.82. The summed E-state index contributed by atoms with van der Waals surface area (Å²) in [4.78, 5) is 26.5. The summed E-state index contributed by atoms with van der Waals surface area (Å²) in [5.41, 5.74) is 6.26. The fraction of sp³-hybridized carbons (Fsp3) is 0.529. The van der Waals surface area contributed by atoms with Crippen molar-refractivity contribution in [1.29, 1.82) is 0 Å². The average molecular weight is 372 g/mol. The van der Waals surface area contributed by atoms with Crippen molar-refractivity contribution in [2.75, 3.05) is 18.0 Å². The molecule has 3 N–H and O–H groups in total. The lowest BCUT2D eigenvalue weighted by atomic mass is 9.96. The highest BCUT2D eigenvalue weighted by atomic mass is 35.5. The Morgan fingerprint density at radius 3 is 2.62 bits per heavy atom. The van der Waals surface area contributed by atoms with Gasteiger partial charge in [-0.2, -0.15) is 0 Å². The molecule has 2 amide bonds. The molecule has 0 bridgehead atoms. The molecule has 1 aliphatic carbocycles. The smallest absolute Gasteiger partial charge is 0.227 e. The molecule has 5 nitrogen and oxygen atoms in total. The predicted molar refractivity (Wildman–Crippen MR) is 97.6 cm³/mol. The van der Waals surface area contributed by atoms with E-state index < -0.39 is 0 Å². The van der Waals surface area contributed by atoms with Gasteiger partial charge in [0.1, 0.15) is 0 Å². The first-order chi connectivity index (χ1) is 11.0. The Bertz CT molecular complexity index is 618. The molecule has 0 spiro atoms. The molecule has 1 saturated heterocycles. The number of amides is 2. The van der Waals surface area contributed by atoms with E-state index in [1.165, 1.54) is 0 Å². The number of halogens is 2. The second-order valence-corrected chi connectivity index (χ2v) is 6.94. The van der Waals surface area contributed by atoms with Crippen molar-refractivity contribution in [2.24, 2.45) is 11.7 Å². The molecule has 7 heteroatoms. The van der Waals surface area contributed by atoms with E-state index in [2.05, 4.69) is 5.32 Å². The zero-order valence-corrected chi connectivity index (χ0v) is 15.0. The first kappa shape index (κ1) is 19.0. The minimum absolute atomic E-state index is 0. The molecule has 1 aromatic carbocycles. The number of carbonyl (C=O) groups excluding carboxylic acids is 2. The van der Waals surface area contributed by atoms with E-state index in [9.17, 15) is 9.59 Å². The quantitative estimate of drug-likeness (QED) is 0.853. The molecule has 1 heterocycles. The second-order valence-electron chi connectivity index (χ2n) is 6.54. The molecular weight excluding hydrogens is 349 g/mol. The Morgan fingerprint density at radius 2 is 2.00 bits per heavy atom. The van der Waals surface area contributed by atoms with Gasteiger partial charge in [-0.3, -0.25) is 9.59 Å². The van der Waals surface area contributed by atoms with Crippen molar-refractivity contribution >= 4 is 41.5 Å². The summed E-state index contributed by atoms with van der Waals surface area (Å²) in [5.74, 6) is -0.477. The molecule has 132 valence electrons. The first-order valence-electron chi connectivity index (χ1n) is 8.12. The summed E-state index contributed by atoms with van der Waals surface area (Å²) in [6, 6.07) is 7.21. The summed E-state index contributed by atoms with van der Waals surface area (Å²) in [6.07, 6.45) is 4.24. The average Bonchev–Trinajstić information content (AvgIpc) is 3.15. The van der Waals surface area contributed by atoms with Crippen molar-refractivity contribution in [2.45, 2.75) is 37.6 Å². The van der Waals surface area contributed by atoms with E-state index >= 15 is 0 Å². The van der Waals surface area contributed by atoms with Gasteiger partial charge in [0.15, 0.2) is 0 Å². The summed E-state index contributed by atoms with van der Waals surface area (Å²) < 4.78 is 0. The third kappa shape index (κ3) is 3.68. The summed E-state index contributed by atoms with van der Waals surface area (Å²) in [7, 11) is 0. The van der Waals surface area contributed by atoms with Crippen LogP contribution in [0.2, 0.25) is 5.02 Å². The SMILES string of the molecule is Cl.NCC1(NC(=O)C2CC(=O)N(c3ccccc3Cl)C2)CCCC1. The zero-order chi connectivity index (χ0) is 16.4. The van der Waals surface area contributed by atoms with Gasteiger partial charge in [-0.15, -0.1) is 12.4 Å². The van der Waals surface area contributed by atoms with E-state index in [0.29, 0.717) is 23.8 Å². The third-order valence-corrected chi connectivity index (χ3v) is 5.30. The van der Waals surface area contributed by atoms with Gasteiger partial charge in [0.2, 0.25) is 11.8 Å². The molecule has 24 heavy (non-hydrogen) atoms. The van der Waals surface area contributed by atoms with Crippen molar-refractivity contribution in [1.82, 2.24) is 5.32 Å². The number of rotatable bonds is 4. The van der Waals surface area contributed by atoms with Gasteiger partial charge >= 0.3 is 0 Å². The van der Waals surface area contributed by atoms with Crippen LogP contribution >= 0.6 is 24.0 Å². The Morgan fingerprint density at radius 1 is 1.33 bits per heavy atom. The number of hydrogen-bond donors (Lipinski definition) is 2. The third-order valence-electron chi connectivity index (χ3n) is 4.98. The lowest BCUT2D eigenvalue weighted by molar-refractivity contribution is -0.127. The Hall–Kier alpha value is -1.30. The number of anilines is 1. The van der Waals surface area contributed by atoms with E-state index in [1.807, 2.05) is 12.1 Å². The summed E-state index contributed by atoms with van der Waals surface area (Å²) in [6.45, 7) is 0.822. The van der Waals surface area contributed by atoms with Crippen LogP contribution in [0.1, 0.15) is 32.1 Å². The number of benzene rings is 1. The van der Waals surface area contributed by atoms with Crippen LogP contribution in [0.3, 0.4) is 0 Å². The van der Waals surface area contributed by atoms with Gasteiger partial charge in [-0.25, -0.2) is 0 Å². The fourth-order valence-electron chi connectivity index (χ4n) is 3.58. The number of nitrogens with two attached hydrogens (primary N) is 1. The van der Waals surface area contributed by atoms with Crippen molar-refractivity contribution in [3.63, 3.8) is 0 Å². The Labute approximate surface area is 153 Å². The number of nitrogens with zero attached hydrogens (tertiary/aromatic N) is 1. The van der Waals surface area contributed by atoms with Gasteiger partial charge in [-0.05, 0) is 25.0 Å². The lowest BCUT2D eigenvalue weighted by Crippen LogP contribution is -2.53.